The third-order valence-electron chi connectivity index (χ3n) is 2.80. The minimum absolute atomic E-state index is 0.426. The fourth-order valence-electron chi connectivity index (χ4n) is 1.99. The molecular weight excluding hydrogens is 340 g/mol. The Morgan fingerprint density at radius 3 is 1.48 bits per heavy atom. The van der Waals surface area contributed by atoms with Gasteiger partial charge in [0, 0.05) is 41.9 Å². The Morgan fingerprint density at radius 2 is 1.12 bits per heavy atom. The van der Waals surface area contributed by atoms with Crippen LogP contribution in [0.4, 0.5) is 0 Å². The lowest BCUT2D eigenvalue weighted by Gasteiger charge is -2.34. The Balaban J connectivity index is 5.77. The second-order valence-electron chi connectivity index (χ2n) is 4.94. The highest BCUT2D eigenvalue weighted by Gasteiger charge is 2.42. The third kappa shape index (κ3) is 9.01. The van der Waals surface area contributed by atoms with E-state index in [9.17, 15) is 19.2 Å². The zero-order valence-electron chi connectivity index (χ0n) is 15.1. The van der Waals surface area contributed by atoms with Crippen molar-refractivity contribution in [1.82, 2.24) is 0 Å². The molecule has 0 aliphatic carbocycles. The van der Waals surface area contributed by atoms with Gasteiger partial charge in [-0.25, -0.2) is 0 Å². The van der Waals surface area contributed by atoms with Crippen LogP contribution in [0, 0.1) is 0 Å². The summed E-state index contributed by atoms with van der Waals surface area (Å²) in [4.78, 5) is 45.3. The standard InChI is InChI=1S/C15H24O10/c1-8(16)22-7-12(23-9(2)17)13(24-10(3)18)14(25-11(4)19)15(20-5)21-6/h12-15H,7H2,1-6H3/t12-,13+,14-/m0/s1. The molecule has 0 N–H and O–H groups in total. The van der Waals surface area contributed by atoms with Crippen LogP contribution in [0.25, 0.3) is 0 Å². The molecular formula is C15H24O10. The number of esters is 4. The van der Waals surface area contributed by atoms with Gasteiger partial charge >= 0.3 is 23.9 Å². The van der Waals surface area contributed by atoms with Crippen molar-refractivity contribution in [3.8, 4) is 0 Å². The maximum Gasteiger partial charge on any atom is 0.303 e. The molecule has 3 atom stereocenters. The molecule has 0 saturated heterocycles. The van der Waals surface area contributed by atoms with Gasteiger partial charge in [-0.05, 0) is 0 Å². The minimum atomic E-state index is -1.34. The molecule has 0 aromatic heterocycles. The molecule has 10 heteroatoms. The Bertz CT molecular complexity index is 471. The Morgan fingerprint density at radius 1 is 0.680 bits per heavy atom. The quantitative estimate of drug-likeness (QED) is 0.296. The lowest BCUT2D eigenvalue weighted by Crippen LogP contribution is -2.53. The maximum absolute atomic E-state index is 11.5. The summed E-state index contributed by atoms with van der Waals surface area (Å²) >= 11 is 0. The lowest BCUT2D eigenvalue weighted by molar-refractivity contribution is -0.232. The zero-order chi connectivity index (χ0) is 19.6. The number of methoxy groups -OCH3 is 2. The SMILES string of the molecule is COC(OC)[C@@H](OC(C)=O)[C@H](OC(C)=O)[C@H](COC(C)=O)OC(C)=O. The summed E-state index contributed by atoms with van der Waals surface area (Å²) in [5.74, 6) is -2.82. The Kier molecular flexibility index (Phi) is 10.4. The summed E-state index contributed by atoms with van der Waals surface area (Å²) in [6.07, 6.45) is -5.00. The van der Waals surface area contributed by atoms with Gasteiger partial charge < -0.3 is 28.4 Å². The molecule has 0 rings (SSSR count). The first-order valence-electron chi connectivity index (χ1n) is 7.32. The number of ether oxygens (including phenoxy) is 6. The number of rotatable bonds is 10. The van der Waals surface area contributed by atoms with Crippen LogP contribution in [0.3, 0.4) is 0 Å². The number of carbonyl (C=O) groups is 4. The van der Waals surface area contributed by atoms with Crippen LogP contribution in [-0.2, 0) is 47.6 Å². The first-order valence-corrected chi connectivity index (χ1v) is 7.32. The van der Waals surface area contributed by atoms with Gasteiger partial charge in [0.2, 0.25) is 0 Å². The van der Waals surface area contributed by atoms with E-state index in [1.54, 1.807) is 0 Å². The smallest absolute Gasteiger partial charge is 0.303 e. The van der Waals surface area contributed by atoms with Crippen LogP contribution in [0.2, 0.25) is 0 Å². The summed E-state index contributed by atoms with van der Waals surface area (Å²) in [7, 11) is 2.56. The second kappa shape index (κ2) is 11.4. The minimum Gasteiger partial charge on any atom is -0.462 e. The van der Waals surface area contributed by atoms with Crippen molar-refractivity contribution in [3.05, 3.63) is 0 Å². The molecule has 0 saturated carbocycles. The van der Waals surface area contributed by atoms with Crippen LogP contribution in [0.15, 0.2) is 0 Å². The molecule has 0 bridgehead atoms. The Hall–Kier alpha value is -2.20. The van der Waals surface area contributed by atoms with Crippen LogP contribution in [0.1, 0.15) is 27.7 Å². The lowest BCUT2D eigenvalue weighted by atomic mass is 10.1. The highest BCUT2D eigenvalue weighted by Crippen LogP contribution is 2.19. The molecule has 0 aliphatic heterocycles. The molecule has 0 spiro atoms. The normalized spacial score (nSPS) is 14.2. The number of hydrogen-bond donors (Lipinski definition) is 0. The van der Waals surface area contributed by atoms with E-state index in [0.29, 0.717) is 0 Å². The first kappa shape index (κ1) is 22.8. The van der Waals surface area contributed by atoms with Crippen LogP contribution >= 0.6 is 0 Å². The van der Waals surface area contributed by atoms with Crippen molar-refractivity contribution < 1.29 is 47.6 Å². The van der Waals surface area contributed by atoms with Gasteiger partial charge in [-0.15, -0.1) is 0 Å². The van der Waals surface area contributed by atoms with Crippen LogP contribution in [0.5, 0.6) is 0 Å². The molecule has 0 fully saturated rings. The third-order valence-corrected chi connectivity index (χ3v) is 2.80. The highest BCUT2D eigenvalue weighted by molar-refractivity contribution is 5.68. The molecule has 0 unspecified atom stereocenters. The van der Waals surface area contributed by atoms with Crippen molar-refractivity contribution >= 4 is 23.9 Å². The number of carbonyl (C=O) groups excluding carboxylic acids is 4. The van der Waals surface area contributed by atoms with Crippen molar-refractivity contribution in [2.45, 2.75) is 52.3 Å². The van der Waals surface area contributed by atoms with E-state index in [4.69, 9.17) is 28.4 Å². The van der Waals surface area contributed by atoms with Gasteiger partial charge in [0.25, 0.3) is 0 Å². The highest BCUT2D eigenvalue weighted by atomic mass is 16.7. The molecule has 0 aromatic rings. The van der Waals surface area contributed by atoms with E-state index in [1.165, 1.54) is 14.2 Å². The van der Waals surface area contributed by atoms with E-state index in [1.807, 2.05) is 0 Å². The summed E-state index contributed by atoms with van der Waals surface area (Å²) in [5, 5.41) is 0. The largest absolute Gasteiger partial charge is 0.462 e. The van der Waals surface area contributed by atoms with E-state index < -0.39 is 55.1 Å². The summed E-state index contributed by atoms with van der Waals surface area (Å²) < 4.78 is 30.3. The molecule has 25 heavy (non-hydrogen) atoms. The number of hydrogen-bond acceptors (Lipinski definition) is 10. The van der Waals surface area contributed by atoms with E-state index >= 15 is 0 Å². The van der Waals surface area contributed by atoms with Gasteiger partial charge in [0.15, 0.2) is 24.6 Å². The molecule has 0 radical (unpaired) electrons. The predicted octanol–water partition coefficient (Wildman–Crippen LogP) is -0.0365. The van der Waals surface area contributed by atoms with Crippen LogP contribution in [-0.4, -0.2) is 69.3 Å². The van der Waals surface area contributed by atoms with Crippen molar-refractivity contribution in [2.24, 2.45) is 0 Å². The fraction of sp³-hybridized carbons (Fsp3) is 0.733. The zero-order valence-corrected chi connectivity index (χ0v) is 15.1. The summed E-state index contributed by atoms with van der Waals surface area (Å²) in [6, 6.07) is 0. The van der Waals surface area contributed by atoms with Crippen LogP contribution < -0.4 is 0 Å². The van der Waals surface area contributed by atoms with Gasteiger partial charge in [0.05, 0.1) is 0 Å². The summed E-state index contributed by atoms with van der Waals surface area (Å²) in [6.45, 7) is 4.10. The first-order chi connectivity index (χ1) is 11.6. The second-order valence-corrected chi connectivity index (χ2v) is 4.94. The van der Waals surface area contributed by atoms with Crippen molar-refractivity contribution in [1.29, 1.82) is 0 Å². The Labute approximate surface area is 145 Å². The van der Waals surface area contributed by atoms with E-state index in [-0.39, 0.29) is 0 Å². The van der Waals surface area contributed by atoms with E-state index in [0.717, 1.165) is 27.7 Å². The van der Waals surface area contributed by atoms with Crippen molar-refractivity contribution in [2.75, 3.05) is 20.8 Å². The maximum atomic E-state index is 11.5. The van der Waals surface area contributed by atoms with Crippen molar-refractivity contribution in [3.63, 3.8) is 0 Å². The molecule has 144 valence electrons. The van der Waals surface area contributed by atoms with E-state index in [2.05, 4.69) is 0 Å². The molecule has 0 aliphatic rings. The molecule has 10 nitrogen and oxygen atoms in total. The van der Waals surface area contributed by atoms with Gasteiger partial charge in [-0.2, -0.15) is 0 Å². The van der Waals surface area contributed by atoms with Gasteiger partial charge in [-0.3, -0.25) is 19.2 Å². The average molecular weight is 364 g/mol. The fourth-order valence-corrected chi connectivity index (χ4v) is 1.99. The summed E-state index contributed by atoms with van der Waals surface area (Å²) in [5.41, 5.74) is 0. The average Bonchev–Trinajstić information content (AvgIpc) is 2.48. The topological polar surface area (TPSA) is 124 Å². The molecule has 0 heterocycles. The monoisotopic (exact) mass is 364 g/mol. The predicted molar refractivity (Wildman–Crippen MR) is 81.1 cm³/mol. The molecule has 0 amide bonds. The molecule has 0 aromatic carbocycles. The van der Waals surface area contributed by atoms with Gasteiger partial charge in [0.1, 0.15) is 6.61 Å². The van der Waals surface area contributed by atoms with Gasteiger partial charge in [-0.1, -0.05) is 0 Å².